The number of nitrogens with two attached hydrogens (primary N) is 1. The van der Waals surface area contributed by atoms with Crippen LogP contribution in [0.4, 0.5) is 5.69 Å². The lowest BCUT2D eigenvalue weighted by atomic mass is 10.1. The summed E-state index contributed by atoms with van der Waals surface area (Å²) in [5.74, 6) is -0.494. The monoisotopic (exact) mass is 360 g/mol. The van der Waals surface area contributed by atoms with Crippen molar-refractivity contribution in [3.8, 4) is 22.6 Å². The van der Waals surface area contributed by atoms with E-state index in [1.54, 1.807) is 24.3 Å². The van der Waals surface area contributed by atoms with Crippen LogP contribution in [0.1, 0.15) is 0 Å². The maximum atomic E-state index is 10.8. The summed E-state index contributed by atoms with van der Waals surface area (Å²) in [7, 11) is 0. The average Bonchev–Trinajstić information content (AvgIpc) is 2.98. The molecule has 0 unspecified atom stereocenters. The van der Waals surface area contributed by atoms with Crippen molar-refractivity contribution in [3.63, 3.8) is 0 Å². The molecule has 0 amide bonds. The smallest absolute Gasteiger partial charge is 0.314 e. The van der Waals surface area contributed by atoms with Crippen molar-refractivity contribution in [2.45, 2.75) is 5.22 Å². The molecule has 2 aromatic carbocycles. The van der Waals surface area contributed by atoms with Crippen LogP contribution in [0.2, 0.25) is 5.02 Å². The average molecular weight is 361 g/mol. The molecule has 3 rings (SSSR count). The molecule has 3 aromatic rings. The van der Waals surface area contributed by atoms with E-state index in [1.165, 1.54) is 0 Å². The summed E-state index contributed by atoms with van der Waals surface area (Å²) in [6.45, 7) is 0. The quantitative estimate of drug-likeness (QED) is 0.517. The van der Waals surface area contributed by atoms with Gasteiger partial charge >= 0.3 is 5.97 Å². The molecular formula is C17H13ClN2O3S. The largest absolute Gasteiger partial charge is 0.481 e. The predicted octanol–water partition coefficient (Wildman–Crippen LogP) is 4.42. The van der Waals surface area contributed by atoms with Gasteiger partial charge in [-0.3, -0.25) is 4.79 Å². The first-order valence-corrected chi connectivity index (χ1v) is 8.36. The number of benzene rings is 2. The Bertz CT molecular complexity index is 798. The number of anilines is 1. The highest BCUT2D eigenvalue weighted by Crippen LogP contribution is 2.36. The molecule has 0 atom stereocenters. The molecule has 3 N–H and O–H groups in total. The van der Waals surface area contributed by atoms with E-state index >= 15 is 0 Å². The van der Waals surface area contributed by atoms with E-state index in [9.17, 15) is 4.79 Å². The molecule has 1 heterocycles. The van der Waals surface area contributed by atoms with Crippen molar-refractivity contribution >= 4 is 35.0 Å². The van der Waals surface area contributed by atoms with Gasteiger partial charge in [-0.15, -0.1) is 0 Å². The molecule has 0 saturated carbocycles. The number of carboxylic acids is 1. The molecule has 0 aliphatic heterocycles. The number of carboxylic acid groups (broad SMARTS) is 1. The van der Waals surface area contributed by atoms with Crippen molar-refractivity contribution in [2.24, 2.45) is 0 Å². The van der Waals surface area contributed by atoms with Gasteiger partial charge in [0, 0.05) is 21.8 Å². The van der Waals surface area contributed by atoms with Crippen molar-refractivity contribution in [1.82, 2.24) is 4.98 Å². The van der Waals surface area contributed by atoms with Crippen LogP contribution >= 0.6 is 23.4 Å². The van der Waals surface area contributed by atoms with E-state index in [2.05, 4.69) is 4.98 Å². The number of rotatable bonds is 5. The van der Waals surface area contributed by atoms with E-state index in [0.29, 0.717) is 27.4 Å². The number of aliphatic carboxylic acids is 1. The molecule has 0 aliphatic rings. The number of carbonyl (C=O) groups is 1. The summed E-state index contributed by atoms with van der Waals surface area (Å²) < 4.78 is 5.79. The zero-order chi connectivity index (χ0) is 17.1. The summed E-state index contributed by atoms with van der Waals surface area (Å²) in [5.41, 5.74) is 8.65. The van der Waals surface area contributed by atoms with Crippen LogP contribution in [-0.4, -0.2) is 21.8 Å². The summed E-state index contributed by atoms with van der Waals surface area (Å²) in [6, 6.07) is 14.4. The first-order valence-electron chi connectivity index (χ1n) is 7.00. The van der Waals surface area contributed by atoms with Crippen molar-refractivity contribution in [1.29, 1.82) is 0 Å². The Labute approximate surface area is 147 Å². The van der Waals surface area contributed by atoms with Gasteiger partial charge in [0.05, 0.1) is 0 Å². The van der Waals surface area contributed by atoms with Crippen LogP contribution in [-0.2, 0) is 4.79 Å². The Morgan fingerprint density at radius 2 is 1.75 bits per heavy atom. The fraction of sp³-hybridized carbons (Fsp3) is 0.0588. The van der Waals surface area contributed by atoms with Crippen LogP contribution in [0.15, 0.2) is 58.2 Å². The minimum absolute atomic E-state index is 0.123. The van der Waals surface area contributed by atoms with Gasteiger partial charge in [0.25, 0.3) is 5.22 Å². The van der Waals surface area contributed by atoms with Crippen molar-refractivity contribution in [3.05, 3.63) is 53.6 Å². The van der Waals surface area contributed by atoms with E-state index < -0.39 is 5.97 Å². The molecule has 7 heteroatoms. The number of thioether (sulfide) groups is 1. The highest BCUT2D eigenvalue weighted by molar-refractivity contribution is 7.99. The lowest BCUT2D eigenvalue weighted by Gasteiger charge is -2.02. The highest BCUT2D eigenvalue weighted by atomic mass is 35.5. The third-order valence-electron chi connectivity index (χ3n) is 3.22. The van der Waals surface area contributed by atoms with Gasteiger partial charge in [-0.05, 0) is 36.4 Å². The van der Waals surface area contributed by atoms with Gasteiger partial charge < -0.3 is 15.3 Å². The predicted molar refractivity (Wildman–Crippen MR) is 95.2 cm³/mol. The molecular weight excluding hydrogens is 348 g/mol. The number of hydrogen-bond acceptors (Lipinski definition) is 5. The lowest BCUT2D eigenvalue weighted by molar-refractivity contribution is -0.133. The molecule has 0 saturated heterocycles. The van der Waals surface area contributed by atoms with Gasteiger partial charge in [-0.2, -0.15) is 0 Å². The Morgan fingerprint density at radius 1 is 1.12 bits per heavy atom. The van der Waals surface area contributed by atoms with Gasteiger partial charge in [0.2, 0.25) is 0 Å². The molecule has 0 aliphatic carbocycles. The van der Waals surface area contributed by atoms with E-state index in [0.717, 1.165) is 22.9 Å². The minimum Gasteiger partial charge on any atom is -0.481 e. The Kier molecular flexibility index (Phi) is 4.78. The number of hydrogen-bond donors (Lipinski definition) is 2. The number of aromatic nitrogens is 1. The number of oxazole rings is 1. The second-order valence-electron chi connectivity index (χ2n) is 4.97. The summed E-state index contributed by atoms with van der Waals surface area (Å²) in [6.07, 6.45) is 0. The summed E-state index contributed by atoms with van der Waals surface area (Å²) >= 11 is 6.96. The topological polar surface area (TPSA) is 89.3 Å². The van der Waals surface area contributed by atoms with Crippen LogP contribution in [0.5, 0.6) is 0 Å². The maximum Gasteiger partial charge on any atom is 0.314 e. The van der Waals surface area contributed by atoms with Crippen LogP contribution in [0.3, 0.4) is 0 Å². The lowest BCUT2D eigenvalue weighted by Crippen LogP contribution is -1.97. The Hall–Kier alpha value is -2.44. The normalized spacial score (nSPS) is 10.7. The van der Waals surface area contributed by atoms with Gasteiger partial charge in [0.15, 0.2) is 5.76 Å². The van der Waals surface area contributed by atoms with E-state index in [4.69, 9.17) is 26.9 Å². The minimum atomic E-state index is -0.930. The maximum absolute atomic E-state index is 10.8. The first-order chi connectivity index (χ1) is 11.5. The van der Waals surface area contributed by atoms with Crippen LogP contribution < -0.4 is 5.73 Å². The van der Waals surface area contributed by atoms with Crippen molar-refractivity contribution in [2.75, 3.05) is 11.5 Å². The van der Waals surface area contributed by atoms with E-state index in [1.807, 2.05) is 24.3 Å². The van der Waals surface area contributed by atoms with Crippen LogP contribution in [0, 0.1) is 0 Å². The fourth-order valence-electron chi connectivity index (χ4n) is 2.12. The molecule has 122 valence electrons. The number of nitrogens with zero attached hydrogens (tertiary/aromatic N) is 1. The third-order valence-corrected chi connectivity index (χ3v) is 4.28. The first kappa shape index (κ1) is 16.4. The number of halogens is 1. The highest BCUT2D eigenvalue weighted by Gasteiger charge is 2.18. The Morgan fingerprint density at radius 3 is 2.38 bits per heavy atom. The SMILES string of the molecule is Nc1ccc(-c2nc(SCC(=O)O)oc2-c2ccc(Cl)cc2)cc1. The van der Waals surface area contributed by atoms with Gasteiger partial charge in [-0.1, -0.05) is 35.5 Å². The molecule has 0 fully saturated rings. The molecule has 1 aromatic heterocycles. The standard InChI is InChI=1S/C17H13ClN2O3S/c18-12-5-1-11(2-6-12)16-15(10-3-7-13(19)8-4-10)20-17(23-16)24-9-14(21)22/h1-8H,9,19H2,(H,21,22). The summed E-state index contributed by atoms with van der Waals surface area (Å²) in [5, 5.41) is 9.75. The Balaban J connectivity index is 2.05. The zero-order valence-electron chi connectivity index (χ0n) is 12.4. The van der Waals surface area contributed by atoms with E-state index in [-0.39, 0.29) is 5.75 Å². The molecule has 24 heavy (non-hydrogen) atoms. The van der Waals surface area contributed by atoms with Gasteiger partial charge in [-0.25, -0.2) is 4.98 Å². The molecule has 0 spiro atoms. The second-order valence-corrected chi connectivity index (χ2v) is 6.33. The fourth-order valence-corrected chi connectivity index (χ4v) is 2.79. The third kappa shape index (κ3) is 3.72. The number of nitrogen functional groups attached to an aromatic ring is 1. The summed E-state index contributed by atoms with van der Waals surface area (Å²) in [4.78, 5) is 15.2. The molecule has 5 nitrogen and oxygen atoms in total. The zero-order valence-corrected chi connectivity index (χ0v) is 14.0. The molecule has 0 radical (unpaired) electrons. The van der Waals surface area contributed by atoms with Crippen molar-refractivity contribution < 1.29 is 14.3 Å². The van der Waals surface area contributed by atoms with Crippen LogP contribution in [0.25, 0.3) is 22.6 Å². The van der Waals surface area contributed by atoms with Gasteiger partial charge in [0.1, 0.15) is 11.4 Å². The second kappa shape index (κ2) is 6.98. The molecule has 0 bridgehead atoms.